The van der Waals surface area contributed by atoms with E-state index in [1.165, 1.54) is 0 Å². The van der Waals surface area contributed by atoms with Gasteiger partial charge in [0, 0.05) is 30.8 Å². The first kappa shape index (κ1) is 10.7. The molecule has 0 spiro atoms. The average molecular weight is 249 g/mol. The molecule has 0 saturated heterocycles. The van der Waals surface area contributed by atoms with Crippen molar-refractivity contribution >= 4 is 11.6 Å². The van der Waals surface area contributed by atoms with Crippen molar-refractivity contribution in [1.82, 2.24) is 19.7 Å². The molecular formula is C12H13ClN4. The monoisotopic (exact) mass is 248 g/mol. The molecule has 17 heavy (non-hydrogen) atoms. The Balaban J connectivity index is 2.02. The lowest BCUT2D eigenvalue weighted by atomic mass is 10.2. The van der Waals surface area contributed by atoms with Crippen molar-refractivity contribution in [3.05, 3.63) is 29.4 Å². The van der Waals surface area contributed by atoms with Gasteiger partial charge in [0.2, 0.25) is 0 Å². The molecule has 88 valence electrons. The quantitative estimate of drug-likeness (QED) is 0.768. The fourth-order valence-corrected chi connectivity index (χ4v) is 2.17. The summed E-state index contributed by atoms with van der Waals surface area (Å²) in [6.45, 7) is 2.21. The first-order valence-corrected chi connectivity index (χ1v) is 6.05. The Bertz CT molecular complexity index is 563. The minimum atomic E-state index is 0.476. The molecule has 0 aromatic carbocycles. The van der Waals surface area contributed by atoms with E-state index in [0.29, 0.717) is 17.0 Å². The van der Waals surface area contributed by atoms with Crippen LogP contribution in [0.15, 0.2) is 18.5 Å². The van der Waals surface area contributed by atoms with E-state index in [-0.39, 0.29) is 0 Å². The summed E-state index contributed by atoms with van der Waals surface area (Å²) < 4.78 is 1.75. The Morgan fingerprint density at radius 2 is 2.18 bits per heavy atom. The van der Waals surface area contributed by atoms with Gasteiger partial charge in [-0.05, 0) is 12.3 Å². The summed E-state index contributed by atoms with van der Waals surface area (Å²) in [7, 11) is 1.89. The van der Waals surface area contributed by atoms with Gasteiger partial charge in [-0.15, -0.1) is 0 Å². The Labute approximate surface area is 105 Å². The number of hydrogen-bond donors (Lipinski definition) is 0. The molecule has 0 bridgehead atoms. The lowest BCUT2D eigenvalue weighted by Crippen LogP contribution is -1.96. The van der Waals surface area contributed by atoms with Crippen molar-refractivity contribution in [3.8, 4) is 11.3 Å². The molecule has 1 aliphatic carbocycles. The largest absolute Gasteiger partial charge is 0.275 e. The molecule has 2 unspecified atom stereocenters. The summed E-state index contributed by atoms with van der Waals surface area (Å²) in [5.41, 5.74) is 1.83. The Morgan fingerprint density at radius 1 is 1.41 bits per heavy atom. The highest BCUT2D eigenvalue weighted by atomic mass is 35.5. The fraction of sp³-hybridized carbons (Fsp3) is 0.417. The minimum absolute atomic E-state index is 0.476. The maximum absolute atomic E-state index is 6.05. The highest BCUT2D eigenvalue weighted by molar-refractivity contribution is 6.29. The van der Waals surface area contributed by atoms with Crippen molar-refractivity contribution in [1.29, 1.82) is 0 Å². The summed E-state index contributed by atoms with van der Waals surface area (Å²) in [5.74, 6) is 2.02. The van der Waals surface area contributed by atoms with E-state index in [2.05, 4.69) is 22.0 Å². The normalized spacial score (nSPS) is 22.8. The van der Waals surface area contributed by atoms with E-state index in [9.17, 15) is 0 Å². The first-order chi connectivity index (χ1) is 8.13. The number of rotatable bonds is 2. The van der Waals surface area contributed by atoms with Gasteiger partial charge in [0.05, 0.1) is 11.9 Å². The summed E-state index contributed by atoms with van der Waals surface area (Å²) in [5, 5.41) is 4.65. The Hall–Kier alpha value is -1.42. The zero-order valence-corrected chi connectivity index (χ0v) is 10.5. The van der Waals surface area contributed by atoms with Gasteiger partial charge in [-0.3, -0.25) is 4.68 Å². The Kier molecular flexibility index (Phi) is 2.40. The summed E-state index contributed by atoms with van der Waals surface area (Å²) >= 11 is 6.05. The van der Waals surface area contributed by atoms with Gasteiger partial charge in [-0.25, -0.2) is 9.97 Å². The van der Waals surface area contributed by atoms with Crippen LogP contribution in [0.1, 0.15) is 25.1 Å². The van der Waals surface area contributed by atoms with Gasteiger partial charge in [-0.2, -0.15) is 5.10 Å². The molecule has 0 radical (unpaired) electrons. The van der Waals surface area contributed by atoms with Gasteiger partial charge < -0.3 is 0 Å². The molecular weight excluding hydrogens is 236 g/mol. The summed E-state index contributed by atoms with van der Waals surface area (Å²) in [6, 6.07) is 1.79. The van der Waals surface area contributed by atoms with Crippen LogP contribution < -0.4 is 0 Å². The van der Waals surface area contributed by atoms with Crippen LogP contribution in [-0.2, 0) is 7.05 Å². The Morgan fingerprint density at radius 3 is 2.76 bits per heavy atom. The van der Waals surface area contributed by atoms with E-state index in [0.717, 1.165) is 23.5 Å². The smallest absolute Gasteiger partial charge is 0.134 e. The van der Waals surface area contributed by atoms with E-state index in [1.54, 1.807) is 16.9 Å². The average Bonchev–Trinajstić information content (AvgIpc) is 2.84. The molecule has 1 aliphatic rings. The maximum Gasteiger partial charge on any atom is 0.134 e. The second-order valence-electron chi connectivity index (χ2n) is 4.66. The summed E-state index contributed by atoms with van der Waals surface area (Å²) in [4.78, 5) is 8.89. The van der Waals surface area contributed by atoms with Gasteiger partial charge in [0.25, 0.3) is 0 Å². The third kappa shape index (κ3) is 2.05. The predicted octanol–water partition coefficient (Wildman–Crippen LogP) is 2.65. The third-order valence-electron chi connectivity index (χ3n) is 3.15. The molecule has 2 heterocycles. The molecule has 0 N–H and O–H groups in total. The van der Waals surface area contributed by atoms with Crippen LogP contribution >= 0.6 is 11.6 Å². The van der Waals surface area contributed by atoms with E-state index in [1.807, 2.05) is 13.2 Å². The molecule has 4 nitrogen and oxygen atoms in total. The lowest BCUT2D eigenvalue weighted by molar-refractivity contribution is 0.768. The number of halogens is 1. The van der Waals surface area contributed by atoms with E-state index >= 15 is 0 Å². The van der Waals surface area contributed by atoms with Gasteiger partial charge in [-0.1, -0.05) is 18.5 Å². The molecule has 2 aromatic rings. The zero-order valence-electron chi connectivity index (χ0n) is 9.76. The topological polar surface area (TPSA) is 43.6 Å². The molecule has 0 aliphatic heterocycles. The van der Waals surface area contributed by atoms with Crippen LogP contribution in [0, 0.1) is 5.92 Å². The van der Waals surface area contributed by atoms with E-state index < -0.39 is 0 Å². The predicted molar refractivity (Wildman–Crippen MR) is 65.8 cm³/mol. The van der Waals surface area contributed by atoms with Crippen molar-refractivity contribution < 1.29 is 0 Å². The number of nitrogens with zero attached hydrogens (tertiary/aromatic N) is 4. The van der Waals surface area contributed by atoms with Crippen molar-refractivity contribution in [2.24, 2.45) is 13.0 Å². The molecule has 3 rings (SSSR count). The third-order valence-corrected chi connectivity index (χ3v) is 3.35. The molecule has 2 atom stereocenters. The van der Waals surface area contributed by atoms with Gasteiger partial charge >= 0.3 is 0 Å². The number of aromatic nitrogens is 4. The lowest BCUT2D eigenvalue weighted by Gasteiger charge is -2.02. The van der Waals surface area contributed by atoms with E-state index in [4.69, 9.17) is 11.6 Å². The van der Waals surface area contributed by atoms with Crippen LogP contribution in [0.5, 0.6) is 0 Å². The number of hydrogen-bond acceptors (Lipinski definition) is 3. The molecule has 1 saturated carbocycles. The van der Waals surface area contributed by atoms with Crippen molar-refractivity contribution in [2.75, 3.05) is 0 Å². The number of aryl methyl sites for hydroxylation is 1. The second kappa shape index (κ2) is 3.81. The molecule has 0 amide bonds. The van der Waals surface area contributed by atoms with Crippen LogP contribution in [0.25, 0.3) is 11.3 Å². The highest BCUT2D eigenvalue weighted by Crippen LogP contribution is 2.45. The maximum atomic E-state index is 6.05. The first-order valence-electron chi connectivity index (χ1n) is 5.67. The second-order valence-corrected chi connectivity index (χ2v) is 5.04. The fourth-order valence-electron chi connectivity index (χ4n) is 1.98. The van der Waals surface area contributed by atoms with Crippen LogP contribution in [0.4, 0.5) is 0 Å². The van der Waals surface area contributed by atoms with Crippen molar-refractivity contribution in [2.45, 2.75) is 19.3 Å². The molecule has 5 heteroatoms. The zero-order chi connectivity index (χ0) is 12.0. The van der Waals surface area contributed by atoms with Gasteiger partial charge in [0.15, 0.2) is 0 Å². The van der Waals surface area contributed by atoms with Crippen LogP contribution in [0.2, 0.25) is 5.15 Å². The molecule has 2 aromatic heterocycles. The SMILES string of the molecule is CC1CC1c1nc(Cl)cc(-c2cnn(C)c2)n1. The van der Waals surface area contributed by atoms with Crippen LogP contribution in [0.3, 0.4) is 0 Å². The molecule has 1 fully saturated rings. The van der Waals surface area contributed by atoms with Crippen molar-refractivity contribution in [3.63, 3.8) is 0 Å². The van der Waals surface area contributed by atoms with Gasteiger partial charge in [0.1, 0.15) is 11.0 Å². The minimum Gasteiger partial charge on any atom is -0.275 e. The van der Waals surface area contributed by atoms with Crippen LogP contribution in [-0.4, -0.2) is 19.7 Å². The summed E-state index contributed by atoms with van der Waals surface area (Å²) in [6.07, 6.45) is 4.88. The standard InChI is InChI=1S/C12H13ClN4/c1-7-3-9(7)12-15-10(4-11(13)16-12)8-5-14-17(2)6-8/h4-7,9H,3H2,1-2H3. The highest BCUT2D eigenvalue weighted by Gasteiger charge is 2.36.